The van der Waals surface area contributed by atoms with Gasteiger partial charge in [0.1, 0.15) is 5.75 Å². The Morgan fingerprint density at radius 1 is 1.19 bits per heavy atom. The van der Waals surface area contributed by atoms with Crippen molar-refractivity contribution in [3.05, 3.63) is 45.9 Å². The number of hydrogen-bond acceptors (Lipinski definition) is 4. The van der Waals surface area contributed by atoms with E-state index >= 15 is 0 Å². The van der Waals surface area contributed by atoms with Crippen molar-refractivity contribution in [3.8, 4) is 5.75 Å². The maximum absolute atomic E-state index is 5.80. The molecule has 2 aromatic rings. The van der Waals surface area contributed by atoms with Crippen molar-refractivity contribution < 1.29 is 4.74 Å². The Balaban J connectivity index is 1.82. The van der Waals surface area contributed by atoms with Crippen LogP contribution in [0.1, 0.15) is 37.0 Å². The van der Waals surface area contributed by atoms with Crippen LogP contribution in [0.25, 0.3) is 0 Å². The monoisotopic (exact) mass is 304 g/mol. The Hall–Kier alpha value is -1.39. The summed E-state index contributed by atoms with van der Waals surface area (Å²) in [5.74, 6) is 0.926. The molecule has 0 aliphatic rings. The highest BCUT2D eigenvalue weighted by Gasteiger charge is 2.12. The molecular weight excluding hydrogens is 280 g/mol. The van der Waals surface area contributed by atoms with Gasteiger partial charge >= 0.3 is 0 Å². The Labute approximate surface area is 131 Å². The standard InChI is InChI=1S/C17H24N2OS/c1-17(2,3)13-5-7-15(8-6-13)20-10-9-16-19-14(11-18-4)12-21-16/h5-8,12,18H,9-11H2,1-4H3. The molecule has 1 N–H and O–H groups in total. The first-order valence-electron chi connectivity index (χ1n) is 7.30. The minimum Gasteiger partial charge on any atom is -0.493 e. The van der Waals surface area contributed by atoms with Crippen LogP contribution in [-0.4, -0.2) is 18.6 Å². The molecule has 0 saturated heterocycles. The number of nitrogens with one attached hydrogen (secondary N) is 1. The molecule has 114 valence electrons. The van der Waals surface area contributed by atoms with Gasteiger partial charge < -0.3 is 10.1 Å². The third kappa shape index (κ3) is 4.83. The Morgan fingerprint density at radius 3 is 2.52 bits per heavy atom. The second kappa shape index (κ2) is 7.05. The van der Waals surface area contributed by atoms with Crippen molar-refractivity contribution in [2.45, 2.75) is 39.2 Å². The topological polar surface area (TPSA) is 34.1 Å². The first-order valence-corrected chi connectivity index (χ1v) is 8.18. The molecule has 0 atom stereocenters. The number of ether oxygens (including phenoxy) is 1. The maximum atomic E-state index is 5.80. The zero-order chi connectivity index (χ0) is 15.3. The minimum atomic E-state index is 0.184. The van der Waals surface area contributed by atoms with Gasteiger partial charge in [0.2, 0.25) is 0 Å². The van der Waals surface area contributed by atoms with Crippen molar-refractivity contribution in [3.63, 3.8) is 0 Å². The number of benzene rings is 1. The summed E-state index contributed by atoms with van der Waals surface area (Å²) in [7, 11) is 1.93. The van der Waals surface area contributed by atoms with E-state index in [1.54, 1.807) is 11.3 Å². The highest BCUT2D eigenvalue weighted by molar-refractivity contribution is 7.09. The van der Waals surface area contributed by atoms with E-state index in [-0.39, 0.29) is 5.41 Å². The number of rotatable bonds is 6. The Kier molecular flexibility index (Phi) is 5.37. The summed E-state index contributed by atoms with van der Waals surface area (Å²) in [5.41, 5.74) is 2.61. The largest absolute Gasteiger partial charge is 0.493 e. The molecule has 2 rings (SSSR count). The van der Waals surface area contributed by atoms with Crippen LogP contribution in [0.2, 0.25) is 0 Å². The quantitative estimate of drug-likeness (QED) is 0.882. The molecule has 0 aliphatic heterocycles. The number of aromatic nitrogens is 1. The second-order valence-corrected chi connectivity index (χ2v) is 7.08. The lowest BCUT2D eigenvalue weighted by Gasteiger charge is -2.19. The molecule has 3 nitrogen and oxygen atoms in total. The van der Waals surface area contributed by atoms with Crippen molar-refractivity contribution >= 4 is 11.3 Å². The summed E-state index contributed by atoms with van der Waals surface area (Å²) < 4.78 is 5.80. The molecule has 0 spiro atoms. The van der Waals surface area contributed by atoms with E-state index in [0.717, 1.165) is 29.4 Å². The molecule has 4 heteroatoms. The fraction of sp³-hybridized carbons (Fsp3) is 0.471. The van der Waals surface area contributed by atoms with Crippen molar-refractivity contribution in [2.24, 2.45) is 0 Å². The van der Waals surface area contributed by atoms with Crippen LogP contribution in [0.4, 0.5) is 0 Å². The summed E-state index contributed by atoms with van der Waals surface area (Å²) in [6.07, 6.45) is 0.857. The van der Waals surface area contributed by atoms with E-state index in [2.05, 4.69) is 60.7 Å². The molecule has 0 radical (unpaired) electrons. The molecule has 0 bridgehead atoms. The van der Waals surface area contributed by atoms with Gasteiger partial charge in [-0.05, 0) is 30.2 Å². The highest BCUT2D eigenvalue weighted by Crippen LogP contribution is 2.24. The third-order valence-corrected chi connectivity index (χ3v) is 4.22. The van der Waals surface area contributed by atoms with Crippen LogP contribution < -0.4 is 10.1 Å². The minimum absolute atomic E-state index is 0.184. The summed E-state index contributed by atoms with van der Waals surface area (Å²) in [6.45, 7) is 8.14. The van der Waals surface area contributed by atoms with Gasteiger partial charge in [0.05, 0.1) is 17.3 Å². The number of nitrogens with zero attached hydrogens (tertiary/aromatic N) is 1. The normalized spacial score (nSPS) is 11.6. The van der Waals surface area contributed by atoms with E-state index in [1.165, 1.54) is 5.56 Å². The Morgan fingerprint density at radius 2 is 1.90 bits per heavy atom. The average molecular weight is 304 g/mol. The average Bonchev–Trinajstić information content (AvgIpc) is 2.86. The van der Waals surface area contributed by atoms with Gasteiger partial charge in [-0.2, -0.15) is 0 Å². The van der Waals surface area contributed by atoms with Crippen LogP contribution in [0, 0.1) is 0 Å². The first-order chi connectivity index (χ1) is 9.99. The summed E-state index contributed by atoms with van der Waals surface area (Å²) >= 11 is 1.70. The van der Waals surface area contributed by atoms with E-state index in [1.807, 2.05) is 7.05 Å². The van der Waals surface area contributed by atoms with Gasteiger partial charge in [-0.3, -0.25) is 0 Å². The van der Waals surface area contributed by atoms with Gasteiger partial charge in [0.15, 0.2) is 0 Å². The zero-order valence-electron chi connectivity index (χ0n) is 13.3. The van der Waals surface area contributed by atoms with Gasteiger partial charge in [0, 0.05) is 18.3 Å². The van der Waals surface area contributed by atoms with E-state index in [0.29, 0.717) is 6.61 Å². The van der Waals surface area contributed by atoms with Crippen LogP contribution in [0.5, 0.6) is 5.75 Å². The molecule has 0 aliphatic carbocycles. The predicted octanol–water partition coefficient (Wildman–Crippen LogP) is 3.78. The van der Waals surface area contributed by atoms with Gasteiger partial charge in [-0.1, -0.05) is 32.9 Å². The lowest BCUT2D eigenvalue weighted by atomic mass is 9.87. The molecular formula is C17H24N2OS. The molecule has 1 aromatic heterocycles. The van der Waals surface area contributed by atoms with Gasteiger partial charge in [0.25, 0.3) is 0 Å². The van der Waals surface area contributed by atoms with Crippen molar-refractivity contribution in [1.29, 1.82) is 0 Å². The summed E-state index contributed by atoms with van der Waals surface area (Å²) in [5, 5.41) is 6.34. The summed E-state index contributed by atoms with van der Waals surface area (Å²) in [6, 6.07) is 8.39. The molecule has 1 aromatic carbocycles. The molecule has 0 unspecified atom stereocenters. The fourth-order valence-corrected chi connectivity index (χ4v) is 2.81. The second-order valence-electron chi connectivity index (χ2n) is 6.14. The lowest BCUT2D eigenvalue weighted by Crippen LogP contribution is -2.10. The molecule has 21 heavy (non-hydrogen) atoms. The van der Waals surface area contributed by atoms with Crippen LogP contribution in [0.15, 0.2) is 29.6 Å². The molecule has 0 amide bonds. The van der Waals surface area contributed by atoms with Crippen molar-refractivity contribution in [2.75, 3.05) is 13.7 Å². The molecule has 0 fully saturated rings. The SMILES string of the molecule is CNCc1csc(CCOc2ccc(C(C)(C)C)cc2)n1. The van der Waals surface area contributed by atoms with Gasteiger partial charge in [-0.25, -0.2) is 4.98 Å². The lowest BCUT2D eigenvalue weighted by molar-refractivity contribution is 0.321. The van der Waals surface area contributed by atoms with Gasteiger partial charge in [-0.15, -0.1) is 11.3 Å². The van der Waals surface area contributed by atoms with Crippen LogP contribution in [-0.2, 0) is 18.4 Å². The van der Waals surface area contributed by atoms with Crippen LogP contribution in [0.3, 0.4) is 0 Å². The third-order valence-electron chi connectivity index (χ3n) is 3.26. The summed E-state index contributed by atoms with van der Waals surface area (Å²) in [4.78, 5) is 4.55. The molecule has 1 heterocycles. The fourth-order valence-electron chi connectivity index (χ4n) is 2.03. The Bertz CT molecular complexity index is 555. The first kappa shape index (κ1) is 16.0. The maximum Gasteiger partial charge on any atom is 0.119 e. The zero-order valence-corrected chi connectivity index (χ0v) is 14.1. The van der Waals surface area contributed by atoms with Crippen molar-refractivity contribution in [1.82, 2.24) is 10.3 Å². The van der Waals surface area contributed by atoms with E-state index in [4.69, 9.17) is 4.74 Å². The smallest absolute Gasteiger partial charge is 0.119 e. The molecule has 0 saturated carbocycles. The number of hydrogen-bond donors (Lipinski definition) is 1. The van der Waals surface area contributed by atoms with E-state index in [9.17, 15) is 0 Å². The number of thiazole rings is 1. The van der Waals surface area contributed by atoms with E-state index < -0.39 is 0 Å². The van der Waals surface area contributed by atoms with Crippen LogP contribution >= 0.6 is 11.3 Å². The predicted molar refractivity (Wildman–Crippen MR) is 89.2 cm³/mol. The highest BCUT2D eigenvalue weighted by atomic mass is 32.1.